The van der Waals surface area contributed by atoms with Crippen molar-refractivity contribution in [1.82, 2.24) is 9.55 Å². The molecule has 5 nitrogen and oxygen atoms in total. The van der Waals surface area contributed by atoms with Gasteiger partial charge in [0.05, 0.1) is 0 Å². The zero-order valence-corrected chi connectivity index (χ0v) is 8.33. The molecule has 0 bridgehead atoms. The maximum absolute atomic E-state index is 11.6. The number of carbonyl (C=O) groups is 1. The van der Waals surface area contributed by atoms with Crippen molar-refractivity contribution in [3.8, 4) is 0 Å². The SMILES string of the molecule is O=C(Nc1ccccc1)n1cccnc1=O. The number of nitrogens with one attached hydrogen (secondary N) is 1. The van der Waals surface area contributed by atoms with Crippen molar-refractivity contribution in [2.45, 2.75) is 0 Å². The first-order valence-corrected chi connectivity index (χ1v) is 4.67. The Morgan fingerprint density at radius 1 is 1.19 bits per heavy atom. The average Bonchev–Trinajstić information content (AvgIpc) is 2.31. The Morgan fingerprint density at radius 3 is 2.62 bits per heavy atom. The molecule has 1 amide bonds. The molecular formula is C11H9N3O2. The topological polar surface area (TPSA) is 64.0 Å². The number of hydrogen-bond acceptors (Lipinski definition) is 3. The third-order valence-electron chi connectivity index (χ3n) is 1.96. The zero-order chi connectivity index (χ0) is 11.4. The van der Waals surface area contributed by atoms with Gasteiger partial charge in [0, 0.05) is 18.1 Å². The van der Waals surface area contributed by atoms with Gasteiger partial charge in [0.15, 0.2) is 0 Å². The minimum Gasteiger partial charge on any atom is -0.307 e. The summed E-state index contributed by atoms with van der Waals surface area (Å²) in [5, 5.41) is 2.58. The van der Waals surface area contributed by atoms with Crippen LogP contribution >= 0.6 is 0 Å². The van der Waals surface area contributed by atoms with Gasteiger partial charge in [-0.25, -0.2) is 19.1 Å². The normalized spacial score (nSPS) is 9.75. The third kappa shape index (κ3) is 2.14. The second-order valence-electron chi connectivity index (χ2n) is 3.07. The maximum atomic E-state index is 11.6. The Hall–Kier alpha value is -2.43. The van der Waals surface area contributed by atoms with Crippen molar-refractivity contribution in [3.63, 3.8) is 0 Å². The minimum absolute atomic E-state index is 0.524. The molecule has 0 atom stereocenters. The molecule has 2 rings (SSSR count). The van der Waals surface area contributed by atoms with Gasteiger partial charge >= 0.3 is 11.7 Å². The van der Waals surface area contributed by atoms with E-state index in [4.69, 9.17) is 0 Å². The van der Waals surface area contributed by atoms with E-state index in [1.165, 1.54) is 18.5 Å². The van der Waals surface area contributed by atoms with Crippen molar-refractivity contribution >= 4 is 11.7 Å². The Balaban J connectivity index is 2.22. The van der Waals surface area contributed by atoms with Crippen LogP contribution in [-0.4, -0.2) is 15.6 Å². The van der Waals surface area contributed by atoms with Gasteiger partial charge in [-0.05, 0) is 18.2 Å². The van der Waals surface area contributed by atoms with Crippen LogP contribution in [0, 0.1) is 0 Å². The molecule has 2 aromatic rings. The molecule has 0 saturated heterocycles. The van der Waals surface area contributed by atoms with E-state index in [0.717, 1.165) is 4.57 Å². The van der Waals surface area contributed by atoms with Crippen LogP contribution in [0.25, 0.3) is 0 Å². The van der Waals surface area contributed by atoms with Crippen LogP contribution in [0.15, 0.2) is 53.6 Å². The van der Waals surface area contributed by atoms with Gasteiger partial charge in [0.2, 0.25) is 0 Å². The molecule has 0 aliphatic heterocycles. The molecule has 1 aromatic heterocycles. The predicted molar refractivity (Wildman–Crippen MR) is 59.4 cm³/mol. The molecule has 0 fully saturated rings. The molecule has 0 saturated carbocycles. The lowest BCUT2D eigenvalue weighted by Gasteiger charge is -2.05. The fraction of sp³-hybridized carbons (Fsp3) is 0. The number of hydrogen-bond donors (Lipinski definition) is 1. The molecule has 0 spiro atoms. The molecule has 1 N–H and O–H groups in total. The van der Waals surface area contributed by atoms with Gasteiger partial charge in [-0.2, -0.15) is 0 Å². The number of para-hydroxylation sites is 1. The lowest BCUT2D eigenvalue weighted by molar-refractivity contribution is 0.252. The standard InChI is InChI=1S/C11H9N3O2/c15-10-12-7-4-8-14(10)11(16)13-9-5-2-1-3-6-9/h1-8H,(H,13,16). The predicted octanol–water partition coefficient (Wildman–Crippen LogP) is 1.32. The van der Waals surface area contributed by atoms with E-state index in [1.54, 1.807) is 24.3 Å². The Labute approximate surface area is 91.4 Å². The minimum atomic E-state index is -0.601. The summed E-state index contributed by atoms with van der Waals surface area (Å²) in [5.74, 6) is 0. The molecule has 0 aliphatic rings. The second-order valence-corrected chi connectivity index (χ2v) is 3.07. The van der Waals surface area contributed by atoms with Crippen LogP contribution in [0.3, 0.4) is 0 Å². The smallest absolute Gasteiger partial charge is 0.307 e. The molecule has 16 heavy (non-hydrogen) atoms. The van der Waals surface area contributed by atoms with E-state index in [0.29, 0.717) is 5.69 Å². The Bertz CT molecular complexity index is 548. The summed E-state index contributed by atoms with van der Waals surface area (Å²) < 4.78 is 0.910. The van der Waals surface area contributed by atoms with Crippen molar-refractivity contribution in [1.29, 1.82) is 0 Å². The van der Waals surface area contributed by atoms with E-state index in [-0.39, 0.29) is 0 Å². The molecule has 5 heteroatoms. The summed E-state index contributed by atoms with van der Waals surface area (Å²) in [6, 6.07) is 9.89. The van der Waals surface area contributed by atoms with Crippen LogP contribution in [-0.2, 0) is 0 Å². The molecule has 1 heterocycles. The van der Waals surface area contributed by atoms with Gasteiger partial charge in [-0.3, -0.25) is 0 Å². The van der Waals surface area contributed by atoms with Crippen LogP contribution < -0.4 is 11.0 Å². The van der Waals surface area contributed by atoms with Gasteiger partial charge in [0.25, 0.3) is 0 Å². The highest BCUT2D eigenvalue weighted by atomic mass is 16.2. The number of aromatic nitrogens is 2. The first kappa shape index (κ1) is 10.1. The summed E-state index contributed by atoms with van der Waals surface area (Å²) in [6.07, 6.45) is 2.71. The van der Waals surface area contributed by atoms with E-state index in [9.17, 15) is 9.59 Å². The fourth-order valence-corrected chi connectivity index (χ4v) is 1.22. The first-order valence-electron chi connectivity index (χ1n) is 4.67. The number of carbonyl (C=O) groups excluding carboxylic acids is 1. The quantitative estimate of drug-likeness (QED) is 0.780. The van der Waals surface area contributed by atoms with Crippen LogP contribution in [0.4, 0.5) is 10.5 Å². The van der Waals surface area contributed by atoms with E-state index >= 15 is 0 Å². The van der Waals surface area contributed by atoms with Crippen molar-refractivity contribution < 1.29 is 4.79 Å². The van der Waals surface area contributed by atoms with Crippen molar-refractivity contribution in [3.05, 3.63) is 59.3 Å². The molecule has 1 aromatic carbocycles. The van der Waals surface area contributed by atoms with Crippen molar-refractivity contribution in [2.75, 3.05) is 5.32 Å². The lowest BCUT2D eigenvalue weighted by atomic mass is 10.3. The Kier molecular flexibility index (Phi) is 2.77. The summed E-state index contributed by atoms with van der Waals surface area (Å²) in [4.78, 5) is 26.4. The van der Waals surface area contributed by atoms with Crippen LogP contribution in [0.2, 0.25) is 0 Å². The summed E-state index contributed by atoms with van der Waals surface area (Å²) >= 11 is 0. The van der Waals surface area contributed by atoms with Gasteiger partial charge < -0.3 is 5.32 Å². The Morgan fingerprint density at radius 2 is 1.94 bits per heavy atom. The largest absolute Gasteiger partial charge is 0.355 e. The van der Waals surface area contributed by atoms with Crippen molar-refractivity contribution in [2.24, 2.45) is 0 Å². The summed E-state index contributed by atoms with van der Waals surface area (Å²) in [6.45, 7) is 0. The highest BCUT2D eigenvalue weighted by Gasteiger charge is 2.05. The molecular weight excluding hydrogens is 206 g/mol. The van der Waals surface area contributed by atoms with Gasteiger partial charge in [-0.1, -0.05) is 18.2 Å². The highest BCUT2D eigenvalue weighted by Crippen LogP contribution is 2.04. The number of benzene rings is 1. The zero-order valence-electron chi connectivity index (χ0n) is 8.33. The molecule has 0 radical (unpaired) electrons. The van der Waals surface area contributed by atoms with Crippen LogP contribution in [0.5, 0.6) is 0 Å². The molecule has 0 unspecified atom stereocenters. The first-order chi connectivity index (χ1) is 7.77. The number of anilines is 1. The van der Waals surface area contributed by atoms with Gasteiger partial charge in [-0.15, -0.1) is 0 Å². The van der Waals surface area contributed by atoms with Crippen LogP contribution in [0.1, 0.15) is 0 Å². The number of rotatable bonds is 1. The maximum Gasteiger partial charge on any atom is 0.355 e. The average molecular weight is 215 g/mol. The highest BCUT2D eigenvalue weighted by molar-refractivity contribution is 5.90. The summed E-state index contributed by atoms with van der Waals surface area (Å²) in [7, 11) is 0. The molecule has 0 aliphatic carbocycles. The monoisotopic (exact) mass is 215 g/mol. The third-order valence-corrected chi connectivity index (χ3v) is 1.96. The van der Waals surface area contributed by atoms with E-state index in [1.807, 2.05) is 6.07 Å². The van der Waals surface area contributed by atoms with Gasteiger partial charge in [0.1, 0.15) is 0 Å². The summed E-state index contributed by atoms with van der Waals surface area (Å²) in [5.41, 5.74) is 0.0270. The number of amides is 1. The second kappa shape index (κ2) is 4.39. The number of nitrogens with zero attached hydrogens (tertiary/aromatic N) is 2. The lowest BCUT2D eigenvalue weighted by Crippen LogP contribution is -2.31. The van der Waals surface area contributed by atoms with E-state index in [2.05, 4.69) is 10.3 Å². The van der Waals surface area contributed by atoms with E-state index < -0.39 is 11.7 Å². The fourth-order valence-electron chi connectivity index (χ4n) is 1.22. The molecule has 80 valence electrons.